The van der Waals surface area contributed by atoms with Crippen molar-refractivity contribution >= 4 is 39.2 Å². The Labute approximate surface area is 179 Å². The Morgan fingerprint density at radius 1 is 1.32 bits per heavy atom. The van der Waals surface area contributed by atoms with Crippen LogP contribution in [0.4, 0.5) is 23.4 Å². The van der Waals surface area contributed by atoms with Crippen LogP contribution in [-0.4, -0.2) is 49.3 Å². The molecule has 31 heavy (non-hydrogen) atoms. The number of aromatic nitrogens is 1. The van der Waals surface area contributed by atoms with E-state index >= 15 is 0 Å². The number of carbonyl (C=O) groups excluding carboxylic acids is 2. The summed E-state index contributed by atoms with van der Waals surface area (Å²) in [5, 5.41) is 3.72. The summed E-state index contributed by atoms with van der Waals surface area (Å²) in [7, 11) is 1.38. The molecule has 2 aromatic heterocycles. The molecule has 0 bridgehead atoms. The molecule has 2 aliphatic rings. The summed E-state index contributed by atoms with van der Waals surface area (Å²) in [5.74, 6) is -0.721. The van der Waals surface area contributed by atoms with Gasteiger partial charge in [-0.05, 0) is 24.8 Å². The van der Waals surface area contributed by atoms with Gasteiger partial charge in [0.15, 0.2) is 6.17 Å². The maximum Gasteiger partial charge on any atom is 0.417 e. The van der Waals surface area contributed by atoms with E-state index in [-0.39, 0.29) is 47.5 Å². The Bertz CT molecular complexity index is 1010. The Hall–Kier alpha value is -2.43. The lowest BCUT2D eigenvalue weighted by molar-refractivity contribution is -0.153. The quantitative estimate of drug-likeness (QED) is 0.542. The molecule has 1 amide bonds. The molecule has 6 nitrogen and oxygen atoms in total. The van der Waals surface area contributed by atoms with Crippen molar-refractivity contribution in [2.45, 2.75) is 44.1 Å². The maximum atomic E-state index is 14.7. The summed E-state index contributed by atoms with van der Waals surface area (Å²) in [4.78, 5) is 29.6. The summed E-state index contributed by atoms with van der Waals surface area (Å²) >= 11 is 0.791. The van der Waals surface area contributed by atoms with Gasteiger partial charge in [0.1, 0.15) is 11.9 Å². The van der Waals surface area contributed by atoms with Crippen molar-refractivity contribution in [2.24, 2.45) is 5.92 Å². The van der Waals surface area contributed by atoms with E-state index in [0.717, 1.165) is 30.2 Å². The topological polar surface area (TPSA) is 71.5 Å². The fraction of sp³-hybridized carbons (Fsp3) is 0.550. The van der Waals surface area contributed by atoms with Crippen LogP contribution in [0.3, 0.4) is 0 Å². The number of fused-ring (bicyclic) bond motifs is 1. The molecular formula is C20H21F4N3O3S. The SMILES string of the molecule is CNC(=O)c1csc2c(C(F)(F)F)cc(N3CC[C@H](OC(=O)CC4CC4)[C@@H](F)C3)nc12. The van der Waals surface area contributed by atoms with Crippen LogP contribution >= 0.6 is 11.3 Å². The van der Waals surface area contributed by atoms with Crippen molar-refractivity contribution in [3.05, 3.63) is 22.6 Å². The molecule has 168 valence electrons. The molecule has 0 spiro atoms. The van der Waals surface area contributed by atoms with Crippen LogP contribution in [-0.2, 0) is 15.7 Å². The van der Waals surface area contributed by atoms with Crippen molar-refractivity contribution in [3.8, 4) is 0 Å². The highest BCUT2D eigenvalue weighted by molar-refractivity contribution is 7.17. The minimum Gasteiger partial charge on any atom is -0.459 e. The van der Waals surface area contributed by atoms with Gasteiger partial charge >= 0.3 is 12.1 Å². The van der Waals surface area contributed by atoms with Crippen LogP contribution in [0.5, 0.6) is 0 Å². The van der Waals surface area contributed by atoms with Crippen molar-refractivity contribution < 1.29 is 31.9 Å². The van der Waals surface area contributed by atoms with Crippen LogP contribution in [0.2, 0.25) is 0 Å². The van der Waals surface area contributed by atoms with Gasteiger partial charge in [-0.25, -0.2) is 9.37 Å². The first-order valence-electron chi connectivity index (χ1n) is 9.97. The number of carbonyl (C=O) groups is 2. The standard InChI is InChI=1S/C20H21F4N3O3S/c1-25-19(29)11-9-31-18-12(20(22,23)24)7-15(26-17(11)18)27-5-4-14(13(21)8-27)30-16(28)6-10-2-3-10/h7,9-10,13-14H,2-6,8H2,1H3,(H,25,29)/t13-,14-/m0/s1. The molecule has 2 fully saturated rings. The zero-order chi connectivity index (χ0) is 22.3. The second-order valence-corrected chi connectivity index (χ2v) is 8.74. The summed E-state index contributed by atoms with van der Waals surface area (Å²) in [6, 6.07) is 0.888. The number of hydrogen-bond acceptors (Lipinski definition) is 6. The second kappa shape index (κ2) is 8.25. The molecule has 0 aromatic carbocycles. The lowest BCUT2D eigenvalue weighted by Crippen LogP contribution is -2.47. The fourth-order valence-corrected chi connectivity index (χ4v) is 4.69. The van der Waals surface area contributed by atoms with Gasteiger partial charge in [0.05, 0.1) is 27.9 Å². The second-order valence-electron chi connectivity index (χ2n) is 7.86. The maximum absolute atomic E-state index is 14.7. The summed E-state index contributed by atoms with van der Waals surface area (Å²) < 4.78 is 60.9. The average Bonchev–Trinajstić information content (AvgIpc) is 3.42. The number of rotatable bonds is 5. The highest BCUT2D eigenvalue weighted by atomic mass is 32.1. The van der Waals surface area contributed by atoms with Crippen LogP contribution in [0.25, 0.3) is 10.2 Å². The van der Waals surface area contributed by atoms with E-state index in [1.165, 1.54) is 17.3 Å². The molecular weight excluding hydrogens is 438 g/mol. The van der Waals surface area contributed by atoms with Crippen molar-refractivity contribution in [2.75, 3.05) is 25.0 Å². The number of pyridine rings is 1. The first-order chi connectivity index (χ1) is 14.7. The van der Waals surface area contributed by atoms with E-state index < -0.39 is 35.9 Å². The zero-order valence-electron chi connectivity index (χ0n) is 16.7. The first kappa shape index (κ1) is 21.8. The molecule has 11 heteroatoms. The minimum atomic E-state index is -4.66. The van der Waals surface area contributed by atoms with E-state index in [0.29, 0.717) is 5.92 Å². The summed E-state index contributed by atoms with van der Waals surface area (Å²) in [6.45, 7) is -0.0757. The van der Waals surface area contributed by atoms with Crippen molar-refractivity contribution in [3.63, 3.8) is 0 Å². The van der Waals surface area contributed by atoms with Crippen LogP contribution in [0.1, 0.15) is 41.6 Å². The van der Waals surface area contributed by atoms with E-state index in [2.05, 4.69) is 10.3 Å². The van der Waals surface area contributed by atoms with Crippen molar-refractivity contribution in [1.29, 1.82) is 0 Å². The molecule has 3 heterocycles. The largest absolute Gasteiger partial charge is 0.459 e. The molecule has 2 aromatic rings. The number of esters is 1. The number of ether oxygens (including phenoxy) is 1. The third kappa shape index (κ3) is 4.60. The number of halogens is 4. The minimum absolute atomic E-state index is 0.0375. The molecule has 4 rings (SSSR count). The fourth-order valence-electron chi connectivity index (χ4n) is 3.66. The van der Waals surface area contributed by atoms with E-state index in [4.69, 9.17) is 4.74 Å². The molecule has 1 saturated heterocycles. The summed E-state index contributed by atoms with van der Waals surface area (Å²) in [6.07, 6.45) is -4.76. The molecule has 2 atom stereocenters. The Morgan fingerprint density at radius 3 is 2.68 bits per heavy atom. The van der Waals surface area contributed by atoms with E-state index in [1.54, 1.807) is 0 Å². The van der Waals surface area contributed by atoms with Crippen LogP contribution < -0.4 is 10.2 Å². The smallest absolute Gasteiger partial charge is 0.417 e. The molecule has 1 saturated carbocycles. The van der Waals surface area contributed by atoms with Gasteiger partial charge in [0.2, 0.25) is 0 Å². The zero-order valence-corrected chi connectivity index (χ0v) is 17.5. The van der Waals surface area contributed by atoms with Gasteiger partial charge < -0.3 is 15.0 Å². The van der Waals surface area contributed by atoms with E-state index in [1.807, 2.05) is 0 Å². The normalized spacial score (nSPS) is 21.9. The number of nitrogens with one attached hydrogen (secondary N) is 1. The average molecular weight is 459 g/mol. The van der Waals surface area contributed by atoms with Gasteiger partial charge in [-0.15, -0.1) is 11.3 Å². The highest BCUT2D eigenvalue weighted by Crippen LogP contribution is 2.41. The van der Waals surface area contributed by atoms with Crippen LogP contribution in [0, 0.1) is 5.92 Å². The number of alkyl halides is 4. The lowest BCUT2D eigenvalue weighted by atomic mass is 10.1. The van der Waals surface area contributed by atoms with Gasteiger partial charge in [-0.2, -0.15) is 13.2 Å². The molecule has 1 N–H and O–H groups in total. The third-order valence-electron chi connectivity index (χ3n) is 5.53. The molecule has 1 aliphatic heterocycles. The van der Waals surface area contributed by atoms with Crippen molar-refractivity contribution in [1.82, 2.24) is 10.3 Å². The first-order valence-corrected chi connectivity index (χ1v) is 10.9. The van der Waals surface area contributed by atoms with Gasteiger partial charge in [-0.1, -0.05) is 0 Å². The monoisotopic (exact) mass is 459 g/mol. The molecule has 1 aliphatic carbocycles. The number of piperidine rings is 1. The number of hydrogen-bond donors (Lipinski definition) is 1. The van der Waals surface area contributed by atoms with Gasteiger partial charge in [0.25, 0.3) is 5.91 Å². The third-order valence-corrected chi connectivity index (χ3v) is 6.53. The molecule has 0 radical (unpaired) electrons. The highest BCUT2D eigenvalue weighted by Gasteiger charge is 2.38. The Balaban J connectivity index is 1.58. The predicted octanol–water partition coefficient (Wildman–Crippen LogP) is 3.93. The molecule has 0 unspecified atom stereocenters. The number of amides is 1. The summed E-state index contributed by atoms with van der Waals surface area (Å²) in [5.41, 5.74) is -0.945. The number of nitrogens with zero attached hydrogens (tertiary/aromatic N) is 2. The number of thiophene rings is 1. The van der Waals surface area contributed by atoms with Gasteiger partial charge in [-0.3, -0.25) is 9.59 Å². The van der Waals surface area contributed by atoms with Crippen LogP contribution in [0.15, 0.2) is 11.4 Å². The van der Waals surface area contributed by atoms with E-state index in [9.17, 15) is 27.2 Å². The number of anilines is 1. The Morgan fingerprint density at radius 2 is 2.06 bits per heavy atom. The predicted molar refractivity (Wildman–Crippen MR) is 107 cm³/mol. The lowest BCUT2D eigenvalue weighted by Gasteiger charge is -2.35. The van der Waals surface area contributed by atoms with Gasteiger partial charge in [0, 0.05) is 31.8 Å². The Kier molecular flexibility index (Phi) is 5.80.